The van der Waals surface area contributed by atoms with Crippen LogP contribution in [0.3, 0.4) is 0 Å². The molecule has 2 saturated carbocycles. The first kappa shape index (κ1) is 27.5. The first-order valence-corrected chi connectivity index (χ1v) is 14.0. The molecular formula is C30H41N5O3. The lowest BCUT2D eigenvalue weighted by molar-refractivity contribution is 0.102. The van der Waals surface area contributed by atoms with Gasteiger partial charge in [0, 0.05) is 35.7 Å². The molecule has 4 rings (SSSR count). The number of carbonyl (C=O) groups excluding carboxylic acids is 3. The number of carbonyl (C=O) groups is 3. The van der Waals surface area contributed by atoms with Crippen molar-refractivity contribution in [2.24, 2.45) is 17.8 Å². The van der Waals surface area contributed by atoms with Gasteiger partial charge in [0.1, 0.15) is 0 Å². The Labute approximate surface area is 225 Å². The molecule has 0 bridgehead atoms. The third-order valence-corrected chi connectivity index (χ3v) is 8.02. The Morgan fingerprint density at radius 1 is 0.658 bits per heavy atom. The van der Waals surface area contributed by atoms with Gasteiger partial charge in [-0.2, -0.15) is 0 Å². The number of benzene rings is 2. The smallest absolute Gasteiger partial charge is 0.319 e. The Hall–Kier alpha value is -3.55. The highest BCUT2D eigenvalue weighted by Crippen LogP contribution is 2.36. The van der Waals surface area contributed by atoms with E-state index in [1.807, 2.05) is 0 Å². The van der Waals surface area contributed by atoms with Crippen LogP contribution in [0.25, 0.3) is 0 Å². The summed E-state index contributed by atoms with van der Waals surface area (Å²) >= 11 is 0. The van der Waals surface area contributed by atoms with Crippen LogP contribution >= 0.6 is 0 Å². The zero-order valence-electron chi connectivity index (χ0n) is 22.5. The standard InChI is InChI=1S/C30H41N5O3/c1-20-3-5-21(6-4-20)19-22-7-11-25(12-8-22)34-30(38)35-26-13-9-23(10-14-26)28(36)32-24-15-17-27(18-16-24)33-29(37)31-2/h9-10,13-18,20-22,25H,3-8,11-12,19H2,1-2H3,(H,32,36)(H2,31,33,37)(H2,34,35,38). The maximum atomic E-state index is 12.6. The summed E-state index contributed by atoms with van der Waals surface area (Å²) in [6.45, 7) is 2.38. The minimum Gasteiger partial charge on any atom is -0.341 e. The molecule has 0 heterocycles. The van der Waals surface area contributed by atoms with Gasteiger partial charge in [-0.05, 0) is 98.4 Å². The zero-order chi connectivity index (χ0) is 26.9. The maximum absolute atomic E-state index is 12.6. The molecule has 2 aromatic rings. The van der Waals surface area contributed by atoms with Crippen molar-refractivity contribution in [3.05, 3.63) is 54.1 Å². The van der Waals surface area contributed by atoms with E-state index in [0.717, 1.165) is 30.6 Å². The van der Waals surface area contributed by atoms with Crippen LogP contribution in [-0.4, -0.2) is 31.1 Å². The molecule has 2 aliphatic rings. The molecule has 0 spiro atoms. The van der Waals surface area contributed by atoms with Crippen LogP contribution in [0.1, 0.15) is 75.1 Å². The van der Waals surface area contributed by atoms with Gasteiger partial charge in [-0.25, -0.2) is 9.59 Å². The van der Waals surface area contributed by atoms with Crippen LogP contribution in [0.2, 0.25) is 0 Å². The van der Waals surface area contributed by atoms with Crippen LogP contribution in [0.15, 0.2) is 48.5 Å². The van der Waals surface area contributed by atoms with Crippen molar-refractivity contribution in [2.45, 2.75) is 70.8 Å². The molecule has 2 fully saturated rings. The number of hydrogen-bond donors (Lipinski definition) is 5. The molecule has 8 heteroatoms. The van der Waals surface area contributed by atoms with Crippen molar-refractivity contribution in [1.29, 1.82) is 0 Å². The molecule has 0 aromatic heterocycles. The summed E-state index contributed by atoms with van der Waals surface area (Å²) < 4.78 is 0. The Morgan fingerprint density at radius 3 is 1.68 bits per heavy atom. The van der Waals surface area contributed by atoms with Gasteiger partial charge < -0.3 is 26.6 Å². The van der Waals surface area contributed by atoms with Gasteiger partial charge in [-0.3, -0.25) is 4.79 Å². The molecule has 0 radical (unpaired) electrons. The topological polar surface area (TPSA) is 111 Å². The average molecular weight is 520 g/mol. The van der Waals surface area contributed by atoms with Crippen molar-refractivity contribution < 1.29 is 14.4 Å². The van der Waals surface area contributed by atoms with E-state index in [1.165, 1.54) is 44.9 Å². The Kier molecular flexibility index (Phi) is 9.62. The van der Waals surface area contributed by atoms with Gasteiger partial charge in [-0.15, -0.1) is 0 Å². The molecule has 38 heavy (non-hydrogen) atoms. The van der Waals surface area contributed by atoms with Crippen LogP contribution in [-0.2, 0) is 0 Å². The second-order valence-corrected chi connectivity index (χ2v) is 11.0. The van der Waals surface area contributed by atoms with Gasteiger partial charge in [-0.1, -0.05) is 32.6 Å². The number of anilines is 3. The molecule has 204 valence electrons. The lowest BCUT2D eigenvalue weighted by atomic mass is 9.75. The summed E-state index contributed by atoms with van der Waals surface area (Å²) in [5.74, 6) is 2.37. The molecule has 2 aromatic carbocycles. The molecule has 5 N–H and O–H groups in total. The summed E-state index contributed by atoms with van der Waals surface area (Å²) in [4.78, 5) is 36.5. The number of amides is 5. The fourth-order valence-electron chi connectivity index (χ4n) is 5.67. The minimum absolute atomic E-state index is 0.197. The van der Waals surface area contributed by atoms with Gasteiger partial charge in [0.05, 0.1) is 0 Å². The summed E-state index contributed by atoms with van der Waals surface area (Å²) in [7, 11) is 1.54. The highest BCUT2D eigenvalue weighted by Gasteiger charge is 2.26. The molecule has 0 unspecified atom stereocenters. The van der Waals surface area contributed by atoms with Crippen molar-refractivity contribution >= 4 is 35.0 Å². The number of hydrogen-bond acceptors (Lipinski definition) is 3. The van der Waals surface area contributed by atoms with Gasteiger partial charge in [0.15, 0.2) is 0 Å². The van der Waals surface area contributed by atoms with Crippen LogP contribution in [0, 0.1) is 17.8 Å². The minimum atomic E-state index is -0.309. The van der Waals surface area contributed by atoms with E-state index in [9.17, 15) is 14.4 Å². The van der Waals surface area contributed by atoms with Crippen molar-refractivity contribution in [3.63, 3.8) is 0 Å². The second kappa shape index (κ2) is 13.3. The van der Waals surface area contributed by atoms with Crippen LogP contribution in [0.4, 0.5) is 26.7 Å². The van der Waals surface area contributed by atoms with Gasteiger partial charge >= 0.3 is 12.1 Å². The Bertz CT molecular complexity index is 1070. The van der Waals surface area contributed by atoms with Crippen molar-refractivity contribution in [3.8, 4) is 0 Å². The predicted molar refractivity (Wildman–Crippen MR) is 153 cm³/mol. The molecule has 0 atom stereocenters. The van der Waals surface area contributed by atoms with Crippen LogP contribution < -0.4 is 26.6 Å². The number of nitrogens with one attached hydrogen (secondary N) is 5. The molecule has 0 saturated heterocycles. The second-order valence-electron chi connectivity index (χ2n) is 11.0. The molecule has 0 aliphatic heterocycles. The lowest BCUT2D eigenvalue weighted by Crippen LogP contribution is -2.40. The van der Waals surface area contributed by atoms with Crippen molar-refractivity contribution in [2.75, 3.05) is 23.0 Å². The fraction of sp³-hybridized carbons (Fsp3) is 0.500. The van der Waals surface area contributed by atoms with E-state index in [1.54, 1.807) is 55.6 Å². The van der Waals surface area contributed by atoms with Crippen molar-refractivity contribution in [1.82, 2.24) is 10.6 Å². The normalized spacial score (nSPS) is 23.1. The Morgan fingerprint density at radius 2 is 1.13 bits per heavy atom. The van der Waals surface area contributed by atoms with E-state index in [2.05, 4.69) is 33.5 Å². The molecule has 8 nitrogen and oxygen atoms in total. The largest absolute Gasteiger partial charge is 0.341 e. The predicted octanol–water partition coefficient (Wildman–Crippen LogP) is 6.59. The molecule has 2 aliphatic carbocycles. The average Bonchev–Trinajstić information content (AvgIpc) is 2.92. The Balaban J connectivity index is 1.17. The first-order chi connectivity index (χ1) is 18.4. The van der Waals surface area contributed by atoms with E-state index in [0.29, 0.717) is 22.6 Å². The van der Waals surface area contributed by atoms with E-state index < -0.39 is 0 Å². The maximum Gasteiger partial charge on any atom is 0.319 e. The van der Waals surface area contributed by atoms with Gasteiger partial charge in [0.2, 0.25) is 0 Å². The summed E-state index contributed by atoms with van der Waals surface area (Å²) in [5.41, 5.74) is 2.36. The van der Waals surface area contributed by atoms with E-state index in [-0.39, 0.29) is 24.0 Å². The monoisotopic (exact) mass is 519 g/mol. The van der Waals surface area contributed by atoms with Crippen LogP contribution in [0.5, 0.6) is 0 Å². The molecular weight excluding hydrogens is 478 g/mol. The SMILES string of the molecule is CNC(=O)Nc1ccc(NC(=O)c2ccc(NC(=O)NC3CCC(CC4CCC(C)CC4)CC3)cc2)cc1. The lowest BCUT2D eigenvalue weighted by Gasteiger charge is -2.33. The summed E-state index contributed by atoms with van der Waals surface area (Å²) in [6, 6.07) is 13.4. The zero-order valence-corrected chi connectivity index (χ0v) is 22.5. The first-order valence-electron chi connectivity index (χ1n) is 14.0. The summed E-state index contributed by atoms with van der Waals surface area (Å²) in [5, 5.41) is 14.0. The highest BCUT2D eigenvalue weighted by molar-refractivity contribution is 6.04. The third-order valence-electron chi connectivity index (χ3n) is 8.02. The quantitative estimate of drug-likeness (QED) is 0.285. The fourth-order valence-corrected chi connectivity index (χ4v) is 5.67. The van der Waals surface area contributed by atoms with E-state index >= 15 is 0 Å². The highest BCUT2D eigenvalue weighted by atomic mass is 16.2. The number of rotatable bonds is 7. The van der Waals surface area contributed by atoms with E-state index in [4.69, 9.17) is 0 Å². The summed E-state index contributed by atoms with van der Waals surface area (Å²) in [6.07, 6.45) is 11.4. The molecule has 5 amide bonds. The third kappa shape index (κ3) is 8.23. The number of urea groups is 2. The van der Waals surface area contributed by atoms with Gasteiger partial charge in [0.25, 0.3) is 5.91 Å².